The van der Waals surface area contributed by atoms with Crippen molar-refractivity contribution in [3.05, 3.63) is 29.8 Å². The molecule has 0 saturated carbocycles. The molecule has 1 aliphatic rings. The molecule has 1 heterocycles. The van der Waals surface area contributed by atoms with Gasteiger partial charge in [-0.2, -0.15) is 0 Å². The molecule has 1 aliphatic heterocycles. The van der Waals surface area contributed by atoms with E-state index in [2.05, 4.69) is 12.3 Å². The highest BCUT2D eigenvalue weighted by molar-refractivity contribution is 5.99. The van der Waals surface area contributed by atoms with Gasteiger partial charge >= 0.3 is 0 Å². The first-order chi connectivity index (χ1) is 9.27. The van der Waals surface area contributed by atoms with Gasteiger partial charge in [-0.05, 0) is 37.8 Å². The van der Waals surface area contributed by atoms with E-state index in [0.717, 1.165) is 32.2 Å². The van der Waals surface area contributed by atoms with Gasteiger partial charge < -0.3 is 10.3 Å². The molecule has 3 N–H and O–H groups in total. The van der Waals surface area contributed by atoms with Crippen molar-refractivity contribution in [1.29, 1.82) is 0 Å². The summed E-state index contributed by atoms with van der Waals surface area (Å²) in [5.41, 5.74) is 3.99. The fourth-order valence-corrected chi connectivity index (χ4v) is 2.85. The Bertz CT molecular complexity index is 431. The standard InChI is InChI=1S/C15H23N3O/c1-2-7-12-8-5-6-11-18(12)15(19)13-9-3-4-10-14(13)17-16/h3-4,9-10,12,17H,2,5-8,11,16H2,1H3. The second-order valence-electron chi connectivity index (χ2n) is 5.13. The number of hydrogen-bond donors (Lipinski definition) is 2. The van der Waals surface area contributed by atoms with Crippen LogP contribution >= 0.6 is 0 Å². The number of piperidine rings is 1. The molecule has 104 valence electrons. The highest BCUT2D eigenvalue weighted by Gasteiger charge is 2.27. The van der Waals surface area contributed by atoms with Crippen LogP contribution in [-0.2, 0) is 0 Å². The van der Waals surface area contributed by atoms with E-state index in [4.69, 9.17) is 5.84 Å². The third-order valence-electron chi connectivity index (χ3n) is 3.82. The number of nitrogens with two attached hydrogens (primary N) is 1. The Morgan fingerprint density at radius 2 is 2.21 bits per heavy atom. The van der Waals surface area contributed by atoms with E-state index in [1.165, 1.54) is 6.42 Å². The fraction of sp³-hybridized carbons (Fsp3) is 0.533. The molecular formula is C15H23N3O. The second kappa shape index (κ2) is 6.57. The van der Waals surface area contributed by atoms with E-state index in [1.54, 1.807) is 0 Å². The number of carbonyl (C=O) groups excluding carboxylic acids is 1. The van der Waals surface area contributed by atoms with Gasteiger partial charge in [0.1, 0.15) is 0 Å². The molecular weight excluding hydrogens is 238 g/mol. The number of nitrogens with zero attached hydrogens (tertiary/aromatic N) is 1. The van der Waals surface area contributed by atoms with Gasteiger partial charge in [-0.25, -0.2) is 0 Å². The van der Waals surface area contributed by atoms with Crippen molar-refractivity contribution < 1.29 is 4.79 Å². The molecule has 1 fully saturated rings. The molecule has 1 aromatic rings. The molecule has 1 aromatic carbocycles. The van der Waals surface area contributed by atoms with Crippen LogP contribution in [0.2, 0.25) is 0 Å². The SMILES string of the molecule is CCCC1CCCCN1C(=O)c1ccccc1NN. The molecule has 1 unspecified atom stereocenters. The number of hydrazine groups is 1. The van der Waals surface area contributed by atoms with Crippen LogP contribution in [0.15, 0.2) is 24.3 Å². The fourth-order valence-electron chi connectivity index (χ4n) is 2.85. The number of anilines is 1. The quantitative estimate of drug-likeness (QED) is 0.647. The first-order valence-corrected chi connectivity index (χ1v) is 7.14. The first kappa shape index (κ1) is 13.9. The van der Waals surface area contributed by atoms with Gasteiger partial charge in [0, 0.05) is 12.6 Å². The largest absolute Gasteiger partial charge is 0.336 e. The molecule has 0 spiro atoms. The van der Waals surface area contributed by atoms with E-state index in [0.29, 0.717) is 17.3 Å². The number of rotatable bonds is 4. The summed E-state index contributed by atoms with van der Waals surface area (Å²) < 4.78 is 0. The summed E-state index contributed by atoms with van der Waals surface area (Å²) in [5.74, 6) is 5.59. The highest BCUT2D eigenvalue weighted by atomic mass is 16.2. The summed E-state index contributed by atoms with van der Waals surface area (Å²) in [6, 6.07) is 7.83. The lowest BCUT2D eigenvalue weighted by Gasteiger charge is -2.36. The van der Waals surface area contributed by atoms with Gasteiger partial charge in [-0.15, -0.1) is 0 Å². The minimum absolute atomic E-state index is 0.103. The van der Waals surface area contributed by atoms with Crippen LogP contribution in [0.4, 0.5) is 5.69 Å². The lowest BCUT2D eigenvalue weighted by atomic mass is 9.97. The van der Waals surface area contributed by atoms with Crippen LogP contribution < -0.4 is 11.3 Å². The third-order valence-corrected chi connectivity index (χ3v) is 3.82. The molecule has 1 atom stereocenters. The van der Waals surface area contributed by atoms with E-state index in [1.807, 2.05) is 29.2 Å². The molecule has 19 heavy (non-hydrogen) atoms. The smallest absolute Gasteiger partial charge is 0.256 e. The second-order valence-corrected chi connectivity index (χ2v) is 5.13. The monoisotopic (exact) mass is 261 g/mol. The summed E-state index contributed by atoms with van der Waals surface area (Å²) in [7, 11) is 0. The third kappa shape index (κ3) is 3.07. The zero-order valence-electron chi connectivity index (χ0n) is 11.6. The highest BCUT2D eigenvalue weighted by Crippen LogP contribution is 2.25. The van der Waals surface area contributed by atoms with Crippen molar-refractivity contribution >= 4 is 11.6 Å². The van der Waals surface area contributed by atoms with E-state index in [-0.39, 0.29) is 5.91 Å². The molecule has 4 heteroatoms. The van der Waals surface area contributed by atoms with E-state index < -0.39 is 0 Å². The van der Waals surface area contributed by atoms with Gasteiger partial charge in [0.05, 0.1) is 11.3 Å². The van der Waals surface area contributed by atoms with Crippen LogP contribution in [0, 0.1) is 0 Å². The predicted octanol–water partition coefficient (Wildman–Crippen LogP) is 2.77. The first-order valence-electron chi connectivity index (χ1n) is 7.14. The van der Waals surface area contributed by atoms with Gasteiger partial charge in [-0.3, -0.25) is 10.6 Å². The minimum Gasteiger partial charge on any atom is -0.336 e. The molecule has 0 aliphatic carbocycles. The van der Waals surface area contributed by atoms with E-state index >= 15 is 0 Å². The number of likely N-dealkylation sites (tertiary alicyclic amines) is 1. The Kier molecular flexibility index (Phi) is 4.80. The van der Waals surface area contributed by atoms with Gasteiger partial charge in [0.25, 0.3) is 5.91 Å². The maximum absolute atomic E-state index is 12.7. The number of amides is 1. The number of benzene rings is 1. The Labute approximate surface area is 114 Å². The van der Waals surface area contributed by atoms with Crippen LogP contribution in [0.5, 0.6) is 0 Å². The summed E-state index contributed by atoms with van der Waals surface area (Å²) in [5, 5.41) is 0. The van der Waals surface area contributed by atoms with Crippen LogP contribution in [0.3, 0.4) is 0 Å². The van der Waals surface area contributed by atoms with Crippen LogP contribution in [-0.4, -0.2) is 23.4 Å². The summed E-state index contributed by atoms with van der Waals surface area (Å²) in [4.78, 5) is 14.7. The molecule has 0 bridgehead atoms. The van der Waals surface area contributed by atoms with Crippen LogP contribution in [0.1, 0.15) is 49.4 Å². The number of nitrogen functional groups attached to an aromatic ring is 1. The maximum atomic E-state index is 12.7. The number of hydrogen-bond acceptors (Lipinski definition) is 3. The van der Waals surface area contributed by atoms with Crippen molar-refractivity contribution in [2.24, 2.45) is 5.84 Å². The Balaban J connectivity index is 2.21. The van der Waals surface area contributed by atoms with Crippen LogP contribution in [0.25, 0.3) is 0 Å². The van der Waals surface area contributed by atoms with Crippen molar-refractivity contribution in [3.63, 3.8) is 0 Å². The average Bonchev–Trinajstić information content (AvgIpc) is 2.47. The molecule has 1 amide bonds. The van der Waals surface area contributed by atoms with Crippen molar-refractivity contribution in [1.82, 2.24) is 4.90 Å². The summed E-state index contributed by atoms with van der Waals surface area (Å²) >= 11 is 0. The molecule has 4 nitrogen and oxygen atoms in total. The normalized spacial score (nSPS) is 19.3. The van der Waals surface area contributed by atoms with Crippen molar-refractivity contribution in [2.45, 2.75) is 45.1 Å². The average molecular weight is 261 g/mol. The Morgan fingerprint density at radius 3 is 2.95 bits per heavy atom. The zero-order valence-corrected chi connectivity index (χ0v) is 11.6. The Morgan fingerprint density at radius 1 is 1.42 bits per heavy atom. The topological polar surface area (TPSA) is 58.4 Å². The number of carbonyl (C=O) groups is 1. The maximum Gasteiger partial charge on any atom is 0.256 e. The molecule has 1 saturated heterocycles. The lowest BCUT2D eigenvalue weighted by molar-refractivity contribution is 0.0601. The van der Waals surface area contributed by atoms with E-state index in [9.17, 15) is 4.79 Å². The van der Waals surface area contributed by atoms with Gasteiger partial charge in [0.2, 0.25) is 0 Å². The van der Waals surface area contributed by atoms with Gasteiger partial charge in [0.15, 0.2) is 0 Å². The van der Waals surface area contributed by atoms with Crippen molar-refractivity contribution in [3.8, 4) is 0 Å². The van der Waals surface area contributed by atoms with Crippen molar-refractivity contribution in [2.75, 3.05) is 12.0 Å². The zero-order chi connectivity index (χ0) is 13.7. The number of para-hydroxylation sites is 1. The molecule has 2 rings (SSSR count). The van der Waals surface area contributed by atoms with Gasteiger partial charge in [-0.1, -0.05) is 25.5 Å². The molecule has 0 radical (unpaired) electrons. The number of nitrogens with one attached hydrogen (secondary N) is 1. The minimum atomic E-state index is 0.103. The summed E-state index contributed by atoms with van der Waals surface area (Å²) in [6.45, 7) is 3.04. The Hall–Kier alpha value is -1.55. The molecule has 0 aromatic heterocycles. The summed E-state index contributed by atoms with van der Waals surface area (Å²) in [6.07, 6.45) is 5.66. The lowest BCUT2D eigenvalue weighted by Crippen LogP contribution is -2.43. The predicted molar refractivity (Wildman–Crippen MR) is 77.8 cm³/mol.